The number of carboxylic acid groups (broad SMARTS) is 1. The first-order chi connectivity index (χ1) is 18.5. The van der Waals surface area contributed by atoms with Crippen molar-refractivity contribution < 1.29 is 23.1 Å². The minimum absolute atomic E-state index is 0.0385. The summed E-state index contributed by atoms with van der Waals surface area (Å²) in [5, 5.41) is 15.8. The van der Waals surface area contributed by atoms with Crippen molar-refractivity contribution >= 4 is 46.3 Å². The van der Waals surface area contributed by atoms with E-state index in [2.05, 4.69) is 25.3 Å². The van der Waals surface area contributed by atoms with Gasteiger partial charge in [-0.1, -0.05) is 29.3 Å². The minimum Gasteiger partial charge on any atom is -0.465 e. The number of nitrogens with zero attached hydrogens (tertiary/aromatic N) is 6. The Morgan fingerprint density at radius 2 is 2.00 bits per heavy atom. The molecule has 2 atom stereocenters. The first-order valence-corrected chi connectivity index (χ1v) is 13.5. The number of anilines is 1. The average Bonchev–Trinajstić information content (AvgIpc) is 3.22. The number of fused-ring (bicyclic) bond motifs is 1. The molecule has 0 bridgehead atoms. The van der Waals surface area contributed by atoms with Gasteiger partial charge < -0.3 is 20.2 Å². The number of carbonyl (C=O) groups is 1. The van der Waals surface area contributed by atoms with Crippen LogP contribution in [0.3, 0.4) is 0 Å². The van der Waals surface area contributed by atoms with E-state index in [-0.39, 0.29) is 11.2 Å². The zero-order valence-corrected chi connectivity index (χ0v) is 22.6. The average molecular weight is 586 g/mol. The van der Waals surface area contributed by atoms with Gasteiger partial charge in [-0.25, -0.2) is 19.4 Å². The maximum absolute atomic E-state index is 13.8. The predicted molar refractivity (Wildman–Crippen MR) is 141 cm³/mol. The molecule has 0 spiro atoms. The van der Waals surface area contributed by atoms with E-state index in [1.807, 2.05) is 4.90 Å². The Kier molecular flexibility index (Phi) is 7.80. The first-order valence-electron chi connectivity index (χ1n) is 12.7. The van der Waals surface area contributed by atoms with E-state index >= 15 is 0 Å². The van der Waals surface area contributed by atoms with Gasteiger partial charge >= 0.3 is 12.3 Å². The van der Waals surface area contributed by atoms with Crippen LogP contribution in [0.25, 0.3) is 11.2 Å². The molecule has 5 rings (SSSR count). The number of benzene rings is 1. The van der Waals surface area contributed by atoms with Crippen molar-refractivity contribution in [3.8, 4) is 0 Å². The van der Waals surface area contributed by atoms with Crippen LogP contribution >= 0.6 is 23.2 Å². The molecule has 14 heteroatoms. The van der Waals surface area contributed by atoms with E-state index in [9.17, 15) is 18.0 Å². The highest BCUT2D eigenvalue weighted by Crippen LogP contribution is 2.38. The van der Waals surface area contributed by atoms with Crippen LogP contribution in [0.15, 0.2) is 24.4 Å². The molecule has 39 heavy (non-hydrogen) atoms. The summed E-state index contributed by atoms with van der Waals surface area (Å²) in [6.07, 6.45) is -2.20. The topological polar surface area (TPSA) is 99.4 Å². The van der Waals surface area contributed by atoms with Gasteiger partial charge in [0.2, 0.25) is 0 Å². The second-order valence-corrected chi connectivity index (χ2v) is 11.0. The molecule has 2 aliphatic rings. The summed E-state index contributed by atoms with van der Waals surface area (Å²) < 4.78 is 42.7. The SMILES string of the molecule is C[C@H](c1ccc(Cl)cc1Cl)n1nc(C(F)(F)F)c2ncc(N3CC([C@@H]4CCCN(CCNC(=O)O)C4)C3)nc21. The molecule has 4 heterocycles. The molecule has 1 amide bonds. The summed E-state index contributed by atoms with van der Waals surface area (Å²) >= 11 is 12.4. The lowest BCUT2D eigenvalue weighted by molar-refractivity contribution is -0.140. The van der Waals surface area contributed by atoms with Crippen molar-refractivity contribution in [2.24, 2.45) is 11.8 Å². The highest BCUT2D eigenvalue weighted by molar-refractivity contribution is 6.35. The number of hydrogen-bond acceptors (Lipinski definition) is 6. The molecule has 2 aliphatic heterocycles. The lowest BCUT2D eigenvalue weighted by atomic mass is 9.80. The van der Waals surface area contributed by atoms with Crippen molar-refractivity contribution in [2.75, 3.05) is 44.2 Å². The first kappa shape index (κ1) is 27.7. The molecule has 2 saturated heterocycles. The number of halogens is 5. The largest absolute Gasteiger partial charge is 0.465 e. The van der Waals surface area contributed by atoms with Crippen LogP contribution in [0.4, 0.5) is 23.8 Å². The van der Waals surface area contributed by atoms with Crippen molar-refractivity contribution in [1.29, 1.82) is 0 Å². The fourth-order valence-corrected chi connectivity index (χ4v) is 6.05. The fourth-order valence-electron chi connectivity index (χ4n) is 5.48. The van der Waals surface area contributed by atoms with Gasteiger partial charge in [-0.3, -0.25) is 0 Å². The standard InChI is InChI=1S/C25H28Cl2F3N7O2/c1-14(18-5-4-17(26)9-19(18)27)37-23-21(22(34-37)25(28,29)30)32-10-20(33-23)36-12-16(13-36)15-3-2-7-35(11-15)8-6-31-24(38)39/h4-5,9-10,14-16,31H,2-3,6-8,11-13H2,1H3,(H,38,39)/t14-,15-/m1/s1. The van der Waals surface area contributed by atoms with E-state index < -0.39 is 24.0 Å². The molecular formula is C25H28Cl2F3N7O2. The molecule has 3 aromatic rings. The van der Waals surface area contributed by atoms with Gasteiger partial charge in [-0.2, -0.15) is 18.3 Å². The number of alkyl halides is 3. The van der Waals surface area contributed by atoms with E-state index in [0.29, 0.717) is 46.4 Å². The van der Waals surface area contributed by atoms with Crippen molar-refractivity contribution in [1.82, 2.24) is 30.0 Å². The van der Waals surface area contributed by atoms with Gasteiger partial charge in [0.15, 0.2) is 11.3 Å². The molecule has 2 aromatic heterocycles. The van der Waals surface area contributed by atoms with Crippen LogP contribution in [0.1, 0.15) is 37.1 Å². The number of rotatable bonds is 7. The lowest BCUT2D eigenvalue weighted by Crippen LogP contribution is -2.54. The van der Waals surface area contributed by atoms with Crippen LogP contribution in [0.5, 0.6) is 0 Å². The summed E-state index contributed by atoms with van der Waals surface area (Å²) in [5.74, 6) is 1.38. The number of hydrogen-bond donors (Lipinski definition) is 2. The van der Waals surface area contributed by atoms with Gasteiger partial charge in [-0.15, -0.1) is 0 Å². The number of aromatic nitrogens is 4. The Hall–Kier alpha value is -2.83. The summed E-state index contributed by atoms with van der Waals surface area (Å²) in [6.45, 7) is 6.06. The number of piperidine rings is 1. The Morgan fingerprint density at radius 3 is 2.69 bits per heavy atom. The molecule has 0 radical (unpaired) electrons. The maximum atomic E-state index is 13.8. The second-order valence-electron chi connectivity index (χ2n) is 10.1. The smallest absolute Gasteiger partial charge is 0.437 e. The summed E-state index contributed by atoms with van der Waals surface area (Å²) in [7, 11) is 0. The van der Waals surface area contributed by atoms with Crippen molar-refractivity contribution in [3.05, 3.63) is 45.7 Å². The Morgan fingerprint density at radius 1 is 1.23 bits per heavy atom. The number of amides is 1. The van der Waals surface area contributed by atoms with Crippen LogP contribution in [0, 0.1) is 11.8 Å². The van der Waals surface area contributed by atoms with Crippen LogP contribution < -0.4 is 10.2 Å². The summed E-state index contributed by atoms with van der Waals surface area (Å²) in [5.41, 5.74) is -0.791. The molecule has 0 saturated carbocycles. The lowest BCUT2D eigenvalue weighted by Gasteiger charge is -2.47. The zero-order valence-electron chi connectivity index (χ0n) is 21.1. The molecule has 210 valence electrons. The quantitative estimate of drug-likeness (QED) is 0.394. The van der Waals surface area contributed by atoms with E-state index in [1.54, 1.807) is 19.1 Å². The highest BCUT2D eigenvalue weighted by Gasteiger charge is 2.40. The van der Waals surface area contributed by atoms with E-state index in [1.165, 1.54) is 16.9 Å². The zero-order chi connectivity index (χ0) is 27.9. The van der Waals surface area contributed by atoms with Gasteiger partial charge in [-0.05, 0) is 55.8 Å². The van der Waals surface area contributed by atoms with Crippen molar-refractivity contribution in [3.63, 3.8) is 0 Å². The molecule has 9 nitrogen and oxygen atoms in total. The van der Waals surface area contributed by atoms with Crippen LogP contribution in [-0.2, 0) is 6.18 Å². The Balaban J connectivity index is 1.34. The predicted octanol–water partition coefficient (Wildman–Crippen LogP) is 5.18. The summed E-state index contributed by atoms with van der Waals surface area (Å²) in [4.78, 5) is 23.8. The van der Waals surface area contributed by atoms with Gasteiger partial charge in [0.05, 0.1) is 12.2 Å². The third-order valence-electron chi connectivity index (χ3n) is 7.59. The molecule has 0 unspecified atom stereocenters. The Labute approximate surface area is 232 Å². The van der Waals surface area contributed by atoms with Gasteiger partial charge in [0, 0.05) is 42.8 Å². The Bertz CT molecular complexity index is 1360. The fraction of sp³-hybridized carbons (Fsp3) is 0.520. The second kappa shape index (κ2) is 11.0. The normalized spacial score (nSPS) is 19.7. The molecule has 2 N–H and O–H groups in total. The maximum Gasteiger partial charge on any atom is 0.437 e. The minimum atomic E-state index is -4.70. The third-order valence-corrected chi connectivity index (χ3v) is 8.15. The van der Waals surface area contributed by atoms with Gasteiger partial charge in [0.25, 0.3) is 0 Å². The molecule has 0 aliphatic carbocycles. The monoisotopic (exact) mass is 585 g/mol. The van der Waals surface area contributed by atoms with E-state index in [4.69, 9.17) is 28.3 Å². The molecule has 2 fully saturated rings. The van der Waals surface area contributed by atoms with Gasteiger partial charge in [0.1, 0.15) is 11.3 Å². The molecule has 1 aromatic carbocycles. The van der Waals surface area contributed by atoms with Crippen molar-refractivity contribution in [2.45, 2.75) is 32.0 Å². The third kappa shape index (κ3) is 5.87. The number of nitrogens with one attached hydrogen (secondary N) is 1. The van der Waals surface area contributed by atoms with E-state index in [0.717, 1.165) is 39.0 Å². The van der Waals surface area contributed by atoms with Crippen LogP contribution in [-0.4, -0.2) is 75.1 Å². The van der Waals surface area contributed by atoms with Crippen LogP contribution in [0.2, 0.25) is 10.0 Å². The summed E-state index contributed by atoms with van der Waals surface area (Å²) in [6, 6.07) is 4.18. The highest BCUT2D eigenvalue weighted by atomic mass is 35.5. The molecular weight excluding hydrogens is 558 g/mol. The number of likely N-dealkylation sites (tertiary alicyclic amines) is 1.